The van der Waals surface area contributed by atoms with Crippen molar-refractivity contribution in [3.8, 4) is 0 Å². The summed E-state index contributed by atoms with van der Waals surface area (Å²) in [5.41, 5.74) is 11.6. The molecule has 0 fully saturated rings. The van der Waals surface area contributed by atoms with Gasteiger partial charge in [-0.2, -0.15) is 5.11 Å². The number of anilines is 1. The lowest BCUT2D eigenvalue weighted by atomic mass is 10.0. The second kappa shape index (κ2) is 4.17. The van der Waals surface area contributed by atoms with Gasteiger partial charge in [-0.3, -0.25) is 0 Å². The number of hydrogen-bond acceptors (Lipinski definition) is 3. The first-order chi connectivity index (χ1) is 8.04. The zero-order valence-electron chi connectivity index (χ0n) is 10.7. The van der Waals surface area contributed by atoms with Gasteiger partial charge >= 0.3 is 0 Å². The van der Waals surface area contributed by atoms with Gasteiger partial charge in [-0.05, 0) is 31.5 Å². The Kier molecular flexibility index (Phi) is 2.84. The van der Waals surface area contributed by atoms with Gasteiger partial charge in [0.15, 0.2) is 0 Å². The topological polar surface area (TPSA) is 39.5 Å². The first kappa shape index (κ1) is 11.6. The maximum absolute atomic E-state index is 7.28. The number of hydrogen-bond donors (Lipinski definition) is 1. The van der Waals surface area contributed by atoms with E-state index >= 15 is 0 Å². The number of nitrogens with zero attached hydrogens (tertiary/aromatic N) is 2. The highest BCUT2D eigenvalue weighted by Crippen LogP contribution is 2.36. The van der Waals surface area contributed by atoms with Crippen LogP contribution in [0.25, 0.3) is 10.8 Å². The first-order valence-corrected chi connectivity index (χ1v) is 5.63. The van der Waals surface area contributed by atoms with Crippen LogP contribution in [0.5, 0.6) is 0 Å². The van der Waals surface area contributed by atoms with E-state index in [1.807, 2.05) is 20.2 Å². The van der Waals surface area contributed by atoms with Gasteiger partial charge in [0.05, 0.1) is 5.69 Å². The molecule has 2 aromatic rings. The quantitative estimate of drug-likeness (QED) is 0.768. The van der Waals surface area contributed by atoms with E-state index in [0.29, 0.717) is 0 Å². The van der Waals surface area contributed by atoms with Gasteiger partial charge in [0, 0.05) is 30.6 Å². The number of rotatable bonds is 2. The Balaban J connectivity index is 2.93. The van der Waals surface area contributed by atoms with Crippen molar-refractivity contribution in [3.63, 3.8) is 0 Å². The molecule has 3 heteroatoms. The van der Waals surface area contributed by atoms with E-state index in [0.717, 1.165) is 22.0 Å². The van der Waals surface area contributed by atoms with Crippen molar-refractivity contribution < 1.29 is 0 Å². The Morgan fingerprint density at radius 3 is 2.35 bits per heavy atom. The van der Waals surface area contributed by atoms with E-state index < -0.39 is 0 Å². The molecule has 1 N–H and O–H groups in total. The fraction of sp³-hybridized carbons (Fsp3) is 0.286. The standard InChI is InChI=1S/C14H17N3/c1-9-5-6-11-12(7-9)13(16-15)8-10(2)14(11)17(3)4/h5-8,15H,1-4H3. The smallest absolute Gasteiger partial charge is 0.0932 e. The number of benzene rings is 2. The lowest BCUT2D eigenvalue weighted by Crippen LogP contribution is -2.10. The van der Waals surface area contributed by atoms with E-state index in [2.05, 4.69) is 42.1 Å². The molecule has 0 bridgehead atoms. The van der Waals surface area contributed by atoms with Crippen LogP contribution in [0.2, 0.25) is 0 Å². The van der Waals surface area contributed by atoms with Gasteiger partial charge in [0.25, 0.3) is 0 Å². The molecule has 0 amide bonds. The molecule has 88 valence electrons. The predicted octanol–water partition coefficient (Wildman–Crippen LogP) is 4.19. The SMILES string of the molecule is Cc1ccc2c(N(C)C)c(C)cc(N=N)c2c1. The Labute approximate surface area is 102 Å². The summed E-state index contributed by atoms with van der Waals surface area (Å²) in [6.07, 6.45) is 0. The summed E-state index contributed by atoms with van der Waals surface area (Å²) in [5, 5.41) is 5.84. The second-order valence-corrected chi connectivity index (χ2v) is 4.62. The summed E-state index contributed by atoms with van der Waals surface area (Å²) in [4.78, 5) is 2.11. The van der Waals surface area contributed by atoms with Crippen molar-refractivity contribution in [2.24, 2.45) is 5.11 Å². The van der Waals surface area contributed by atoms with Crippen molar-refractivity contribution in [2.75, 3.05) is 19.0 Å². The minimum atomic E-state index is 0.742. The molecule has 2 aromatic carbocycles. The predicted molar refractivity (Wildman–Crippen MR) is 72.6 cm³/mol. The van der Waals surface area contributed by atoms with Crippen LogP contribution in [0, 0.1) is 19.4 Å². The molecule has 17 heavy (non-hydrogen) atoms. The highest BCUT2D eigenvalue weighted by Gasteiger charge is 2.11. The fourth-order valence-corrected chi connectivity index (χ4v) is 2.33. The molecule has 0 atom stereocenters. The van der Waals surface area contributed by atoms with Gasteiger partial charge in [-0.1, -0.05) is 17.7 Å². The van der Waals surface area contributed by atoms with Crippen molar-refractivity contribution in [2.45, 2.75) is 13.8 Å². The summed E-state index contributed by atoms with van der Waals surface area (Å²) >= 11 is 0. The minimum Gasteiger partial charge on any atom is -0.377 e. The third-order valence-electron chi connectivity index (χ3n) is 3.00. The van der Waals surface area contributed by atoms with Crippen LogP contribution in [-0.2, 0) is 0 Å². The first-order valence-electron chi connectivity index (χ1n) is 5.63. The molecule has 0 saturated heterocycles. The molecular formula is C14H17N3. The highest BCUT2D eigenvalue weighted by molar-refractivity contribution is 6.02. The lowest BCUT2D eigenvalue weighted by molar-refractivity contribution is 1.12. The van der Waals surface area contributed by atoms with Crippen LogP contribution in [0.1, 0.15) is 11.1 Å². The Bertz CT molecular complexity index is 586. The van der Waals surface area contributed by atoms with Gasteiger partial charge in [-0.15, -0.1) is 0 Å². The fourth-order valence-electron chi connectivity index (χ4n) is 2.33. The van der Waals surface area contributed by atoms with Gasteiger partial charge < -0.3 is 4.90 Å². The number of nitrogens with one attached hydrogen (secondary N) is 1. The van der Waals surface area contributed by atoms with Crippen LogP contribution in [0.4, 0.5) is 11.4 Å². The normalized spacial score (nSPS) is 10.6. The molecule has 0 saturated carbocycles. The van der Waals surface area contributed by atoms with Crippen molar-refractivity contribution >= 4 is 22.1 Å². The monoisotopic (exact) mass is 227 g/mol. The molecule has 2 rings (SSSR count). The molecule has 0 aliphatic carbocycles. The van der Waals surface area contributed by atoms with E-state index in [-0.39, 0.29) is 0 Å². The molecule has 0 heterocycles. The summed E-state index contributed by atoms with van der Waals surface area (Å²) in [6, 6.07) is 8.28. The highest BCUT2D eigenvalue weighted by atomic mass is 15.1. The molecule has 0 aliphatic heterocycles. The molecule has 0 aromatic heterocycles. The molecule has 0 spiro atoms. The zero-order valence-corrected chi connectivity index (χ0v) is 10.7. The maximum atomic E-state index is 7.28. The van der Waals surface area contributed by atoms with E-state index in [4.69, 9.17) is 5.53 Å². The van der Waals surface area contributed by atoms with E-state index in [9.17, 15) is 0 Å². The third kappa shape index (κ3) is 1.88. The van der Waals surface area contributed by atoms with Crippen LogP contribution in [0.15, 0.2) is 29.4 Å². The molecular weight excluding hydrogens is 210 g/mol. The Morgan fingerprint density at radius 1 is 1.06 bits per heavy atom. The average molecular weight is 227 g/mol. The van der Waals surface area contributed by atoms with E-state index in [1.165, 1.54) is 11.3 Å². The van der Waals surface area contributed by atoms with Gasteiger partial charge in [0.1, 0.15) is 0 Å². The summed E-state index contributed by atoms with van der Waals surface area (Å²) in [5.74, 6) is 0. The molecule has 0 aliphatic rings. The van der Waals surface area contributed by atoms with Crippen LogP contribution < -0.4 is 4.90 Å². The summed E-state index contributed by atoms with van der Waals surface area (Å²) in [7, 11) is 4.08. The van der Waals surface area contributed by atoms with E-state index in [1.54, 1.807) is 0 Å². The van der Waals surface area contributed by atoms with Crippen LogP contribution >= 0.6 is 0 Å². The zero-order chi connectivity index (χ0) is 12.6. The number of aryl methyl sites for hydroxylation is 2. The average Bonchev–Trinajstić information content (AvgIpc) is 2.27. The van der Waals surface area contributed by atoms with Gasteiger partial charge in [0.2, 0.25) is 0 Å². The lowest BCUT2D eigenvalue weighted by Gasteiger charge is -2.19. The second-order valence-electron chi connectivity index (χ2n) is 4.62. The molecule has 0 unspecified atom stereocenters. The Morgan fingerprint density at radius 2 is 1.76 bits per heavy atom. The van der Waals surface area contributed by atoms with Gasteiger partial charge in [-0.25, -0.2) is 5.53 Å². The van der Waals surface area contributed by atoms with Crippen LogP contribution in [-0.4, -0.2) is 14.1 Å². The maximum Gasteiger partial charge on any atom is 0.0932 e. The minimum absolute atomic E-state index is 0.742. The third-order valence-corrected chi connectivity index (χ3v) is 3.00. The number of fused-ring (bicyclic) bond motifs is 1. The molecule has 3 nitrogen and oxygen atoms in total. The van der Waals surface area contributed by atoms with Crippen LogP contribution in [0.3, 0.4) is 0 Å². The Hall–Kier alpha value is -1.90. The van der Waals surface area contributed by atoms with Crippen molar-refractivity contribution in [1.29, 1.82) is 5.53 Å². The largest absolute Gasteiger partial charge is 0.377 e. The summed E-state index contributed by atoms with van der Waals surface area (Å²) in [6.45, 7) is 4.12. The van der Waals surface area contributed by atoms with Crippen molar-refractivity contribution in [3.05, 3.63) is 35.4 Å². The summed E-state index contributed by atoms with van der Waals surface area (Å²) < 4.78 is 0. The molecule has 0 radical (unpaired) electrons. The van der Waals surface area contributed by atoms with Crippen molar-refractivity contribution in [1.82, 2.24) is 0 Å².